The predicted octanol–water partition coefficient (Wildman–Crippen LogP) is 1.37. The van der Waals surface area contributed by atoms with Gasteiger partial charge in [-0.1, -0.05) is 6.07 Å². The number of nitrogens with one attached hydrogen (secondary N) is 1. The summed E-state index contributed by atoms with van der Waals surface area (Å²) in [6, 6.07) is 2.52. The molecule has 0 heterocycles. The number of nitrogens with zero attached hydrogens (tertiary/aromatic N) is 1. The lowest BCUT2D eigenvalue weighted by atomic mass is 10.1. The third-order valence-corrected chi connectivity index (χ3v) is 2.71. The molecule has 1 aromatic carbocycles. The number of aliphatic hydroxyl groups is 1. The van der Waals surface area contributed by atoms with Gasteiger partial charge >= 0.3 is 12.0 Å². The van der Waals surface area contributed by atoms with Gasteiger partial charge in [-0.05, 0) is 19.1 Å². The largest absolute Gasteiger partial charge is 0.478 e. The van der Waals surface area contributed by atoms with E-state index < -0.39 is 29.4 Å². The van der Waals surface area contributed by atoms with Gasteiger partial charge in [0.2, 0.25) is 0 Å². The summed E-state index contributed by atoms with van der Waals surface area (Å²) in [7, 11) is 1.44. The Balaban J connectivity index is 2.97. The molecule has 1 unspecified atom stereocenters. The van der Waals surface area contributed by atoms with Gasteiger partial charge in [0.05, 0.1) is 18.3 Å². The molecular formula is C12H15FN2O4. The number of likely N-dealkylation sites (N-methyl/N-ethyl adjacent to an activating group) is 1. The summed E-state index contributed by atoms with van der Waals surface area (Å²) in [5.41, 5.74) is -0.726. The number of anilines is 1. The van der Waals surface area contributed by atoms with Gasteiger partial charge in [0.15, 0.2) is 0 Å². The third kappa shape index (κ3) is 3.41. The molecule has 6 nitrogen and oxygen atoms in total. The van der Waals surface area contributed by atoms with Crippen LogP contribution in [-0.2, 0) is 0 Å². The first kappa shape index (κ1) is 14.9. The monoisotopic (exact) mass is 270 g/mol. The molecule has 1 rings (SSSR count). The number of aliphatic hydroxyl groups excluding tert-OH is 1. The average Bonchev–Trinajstić information content (AvgIpc) is 2.36. The van der Waals surface area contributed by atoms with Crippen LogP contribution < -0.4 is 5.32 Å². The average molecular weight is 270 g/mol. The molecule has 104 valence electrons. The molecule has 0 aliphatic rings. The van der Waals surface area contributed by atoms with Gasteiger partial charge < -0.3 is 20.4 Å². The predicted molar refractivity (Wildman–Crippen MR) is 66.7 cm³/mol. The molecule has 7 heteroatoms. The number of urea groups is 1. The molecular weight excluding hydrogens is 255 g/mol. The Morgan fingerprint density at radius 1 is 1.47 bits per heavy atom. The van der Waals surface area contributed by atoms with Crippen molar-refractivity contribution in [2.45, 2.75) is 13.0 Å². The van der Waals surface area contributed by atoms with Crippen LogP contribution in [0.4, 0.5) is 14.9 Å². The lowest BCUT2D eigenvalue weighted by Gasteiger charge is -2.23. The van der Waals surface area contributed by atoms with Crippen molar-refractivity contribution < 1.29 is 24.2 Å². The smallest absolute Gasteiger partial charge is 0.340 e. The van der Waals surface area contributed by atoms with E-state index in [1.54, 1.807) is 6.92 Å². The quantitative estimate of drug-likeness (QED) is 0.770. The molecule has 0 saturated heterocycles. The van der Waals surface area contributed by atoms with E-state index in [0.29, 0.717) is 0 Å². The number of carbonyl (C=O) groups excluding carboxylic acids is 1. The Labute approximate surface area is 109 Å². The second-order valence-electron chi connectivity index (χ2n) is 4.04. The van der Waals surface area contributed by atoms with Gasteiger partial charge in [0.25, 0.3) is 0 Å². The summed E-state index contributed by atoms with van der Waals surface area (Å²) in [5, 5.41) is 20.1. The van der Waals surface area contributed by atoms with E-state index in [9.17, 15) is 14.0 Å². The third-order valence-electron chi connectivity index (χ3n) is 2.71. The highest BCUT2D eigenvalue weighted by Crippen LogP contribution is 2.19. The minimum Gasteiger partial charge on any atom is -0.478 e. The van der Waals surface area contributed by atoms with Crippen molar-refractivity contribution in [3.05, 3.63) is 29.6 Å². The minimum atomic E-state index is -1.47. The van der Waals surface area contributed by atoms with E-state index in [-0.39, 0.29) is 12.3 Å². The molecule has 3 N–H and O–H groups in total. The van der Waals surface area contributed by atoms with Crippen molar-refractivity contribution in [1.82, 2.24) is 4.90 Å². The lowest BCUT2D eigenvalue weighted by Crippen LogP contribution is -2.40. The Hall–Kier alpha value is -2.15. The number of rotatable bonds is 4. The molecule has 0 saturated carbocycles. The highest BCUT2D eigenvalue weighted by atomic mass is 19.1. The topological polar surface area (TPSA) is 89.9 Å². The maximum Gasteiger partial charge on any atom is 0.340 e. The fraction of sp³-hybridized carbons (Fsp3) is 0.333. The standard InChI is InChI=1S/C12H15FN2O4/c1-7(6-16)15(2)12(19)14-9-5-3-4-8(13)10(9)11(17)18/h3-5,7,16H,6H2,1-2H3,(H,14,19)(H,17,18). The number of hydrogen-bond acceptors (Lipinski definition) is 3. The van der Waals surface area contributed by atoms with E-state index in [1.807, 2.05) is 0 Å². The Bertz CT molecular complexity index is 493. The minimum absolute atomic E-state index is 0.130. The van der Waals surface area contributed by atoms with Gasteiger partial charge in [0.1, 0.15) is 11.4 Å². The van der Waals surface area contributed by atoms with Gasteiger partial charge in [-0.2, -0.15) is 0 Å². The molecule has 19 heavy (non-hydrogen) atoms. The second-order valence-corrected chi connectivity index (χ2v) is 4.04. The number of carbonyl (C=O) groups is 2. The number of carboxylic acids is 1. The molecule has 0 bridgehead atoms. The number of hydrogen-bond donors (Lipinski definition) is 3. The van der Waals surface area contributed by atoms with Gasteiger partial charge in [-0.25, -0.2) is 14.0 Å². The molecule has 0 aliphatic carbocycles. The summed E-state index contributed by atoms with van der Waals surface area (Å²) in [5.74, 6) is -2.39. The Kier molecular flexibility index (Phi) is 4.82. The van der Waals surface area contributed by atoms with E-state index in [0.717, 1.165) is 6.07 Å². The Morgan fingerprint density at radius 3 is 2.63 bits per heavy atom. The summed E-state index contributed by atoms with van der Waals surface area (Å²) in [6.07, 6.45) is 0. The van der Waals surface area contributed by atoms with Crippen LogP contribution in [0.3, 0.4) is 0 Å². The molecule has 0 radical (unpaired) electrons. The van der Waals surface area contributed by atoms with E-state index in [1.165, 1.54) is 24.1 Å². The highest BCUT2D eigenvalue weighted by Gasteiger charge is 2.20. The van der Waals surface area contributed by atoms with Crippen molar-refractivity contribution in [2.24, 2.45) is 0 Å². The zero-order valence-electron chi connectivity index (χ0n) is 10.6. The van der Waals surface area contributed by atoms with Crippen LogP contribution in [-0.4, -0.2) is 46.8 Å². The van der Waals surface area contributed by atoms with Crippen LogP contribution in [0.1, 0.15) is 17.3 Å². The van der Waals surface area contributed by atoms with Crippen LogP contribution in [0.15, 0.2) is 18.2 Å². The van der Waals surface area contributed by atoms with Crippen molar-refractivity contribution in [1.29, 1.82) is 0 Å². The maximum atomic E-state index is 13.4. The first-order chi connectivity index (χ1) is 8.88. The molecule has 0 aromatic heterocycles. The van der Waals surface area contributed by atoms with Crippen LogP contribution >= 0.6 is 0 Å². The number of amides is 2. The summed E-state index contributed by atoms with van der Waals surface area (Å²) >= 11 is 0. The van der Waals surface area contributed by atoms with Crippen molar-refractivity contribution in [2.75, 3.05) is 19.0 Å². The number of carboxylic acid groups (broad SMARTS) is 1. The van der Waals surface area contributed by atoms with E-state index in [2.05, 4.69) is 5.32 Å². The fourth-order valence-electron chi connectivity index (χ4n) is 1.37. The van der Waals surface area contributed by atoms with Crippen molar-refractivity contribution in [3.8, 4) is 0 Å². The fourth-order valence-corrected chi connectivity index (χ4v) is 1.37. The molecule has 0 aliphatic heterocycles. The normalized spacial score (nSPS) is 11.8. The molecule has 2 amide bonds. The SMILES string of the molecule is CC(CO)N(C)C(=O)Nc1cccc(F)c1C(=O)O. The first-order valence-corrected chi connectivity index (χ1v) is 5.55. The van der Waals surface area contributed by atoms with Gasteiger partial charge in [-0.3, -0.25) is 0 Å². The van der Waals surface area contributed by atoms with Crippen LogP contribution in [0.2, 0.25) is 0 Å². The van der Waals surface area contributed by atoms with Crippen LogP contribution in [0.5, 0.6) is 0 Å². The van der Waals surface area contributed by atoms with Crippen molar-refractivity contribution in [3.63, 3.8) is 0 Å². The van der Waals surface area contributed by atoms with Gasteiger partial charge in [-0.15, -0.1) is 0 Å². The van der Waals surface area contributed by atoms with Crippen molar-refractivity contribution >= 4 is 17.7 Å². The molecule has 0 spiro atoms. The number of aromatic carboxylic acids is 1. The zero-order chi connectivity index (χ0) is 14.6. The van der Waals surface area contributed by atoms with Crippen LogP contribution in [0.25, 0.3) is 0 Å². The first-order valence-electron chi connectivity index (χ1n) is 5.55. The van der Waals surface area contributed by atoms with Gasteiger partial charge in [0, 0.05) is 7.05 Å². The molecule has 1 atom stereocenters. The number of benzene rings is 1. The molecule has 1 aromatic rings. The van der Waals surface area contributed by atoms with Crippen LogP contribution in [0, 0.1) is 5.82 Å². The maximum absolute atomic E-state index is 13.4. The Morgan fingerprint density at radius 2 is 2.11 bits per heavy atom. The number of halogens is 1. The molecule has 0 fully saturated rings. The lowest BCUT2D eigenvalue weighted by molar-refractivity contribution is 0.0693. The highest BCUT2D eigenvalue weighted by molar-refractivity contribution is 6.00. The van der Waals surface area contributed by atoms with E-state index >= 15 is 0 Å². The summed E-state index contributed by atoms with van der Waals surface area (Å²) < 4.78 is 13.4. The second kappa shape index (κ2) is 6.14. The summed E-state index contributed by atoms with van der Waals surface area (Å²) in [6.45, 7) is 1.38. The summed E-state index contributed by atoms with van der Waals surface area (Å²) in [4.78, 5) is 23.9. The van der Waals surface area contributed by atoms with E-state index in [4.69, 9.17) is 10.2 Å². The zero-order valence-corrected chi connectivity index (χ0v) is 10.6.